The minimum atomic E-state index is -0.907. The second-order valence-corrected chi connectivity index (χ2v) is 5.41. The average Bonchev–Trinajstić information content (AvgIpc) is 2.56. The van der Waals surface area contributed by atoms with Crippen LogP contribution >= 0.6 is 0 Å². The zero-order chi connectivity index (χ0) is 16.0. The van der Waals surface area contributed by atoms with E-state index in [0.717, 1.165) is 11.1 Å². The SMILES string of the molecule is COC(C)(CNCc1ccc(C(=O)O)cc1)c1ccccc1. The summed E-state index contributed by atoms with van der Waals surface area (Å²) in [7, 11) is 1.70. The second kappa shape index (κ2) is 7.20. The molecule has 0 saturated carbocycles. The summed E-state index contributed by atoms with van der Waals surface area (Å²) in [6, 6.07) is 17.0. The van der Waals surface area contributed by atoms with E-state index in [1.54, 1.807) is 19.2 Å². The standard InChI is InChI=1S/C18H21NO3/c1-18(22-2,16-6-4-3-5-7-16)13-19-12-14-8-10-15(11-9-14)17(20)21/h3-11,19H,12-13H2,1-2H3,(H,20,21). The van der Waals surface area contributed by atoms with Crippen molar-refractivity contribution in [2.24, 2.45) is 0 Å². The molecule has 4 nitrogen and oxygen atoms in total. The van der Waals surface area contributed by atoms with Gasteiger partial charge in [0.2, 0.25) is 0 Å². The molecule has 0 amide bonds. The Balaban J connectivity index is 1.95. The molecule has 0 saturated heterocycles. The van der Waals surface area contributed by atoms with Crippen molar-refractivity contribution in [3.63, 3.8) is 0 Å². The van der Waals surface area contributed by atoms with Crippen LogP contribution in [0.25, 0.3) is 0 Å². The van der Waals surface area contributed by atoms with Crippen LogP contribution in [0.2, 0.25) is 0 Å². The molecule has 2 aromatic carbocycles. The molecule has 1 atom stereocenters. The van der Waals surface area contributed by atoms with Crippen molar-refractivity contribution >= 4 is 5.97 Å². The molecule has 0 spiro atoms. The number of carboxylic acid groups (broad SMARTS) is 1. The first-order valence-electron chi connectivity index (χ1n) is 7.19. The Morgan fingerprint density at radius 2 is 1.77 bits per heavy atom. The first-order valence-corrected chi connectivity index (χ1v) is 7.19. The lowest BCUT2D eigenvalue weighted by Crippen LogP contribution is -2.37. The third-order valence-corrected chi connectivity index (χ3v) is 3.83. The summed E-state index contributed by atoms with van der Waals surface area (Å²) < 4.78 is 5.67. The van der Waals surface area contributed by atoms with E-state index >= 15 is 0 Å². The Hall–Kier alpha value is -2.17. The van der Waals surface area contributed by atoms with E-state index in [1.165, 1.54) is 0 Å². The molecular weight excluding hydrogens is 278 g/mol. The van der Waals surface area contributed by atoms with Gasteiger partial charge in [-0.2, -0.15) is 0 Å². The van der Waals surface area contributed by atoms with Gasteiger partial charge in [0.15, 0.2) is 0 Å². The number of benzene rings is 2. The maximum absolute atomic E-state index is 10.8. The zero-order valence-corrected chi connectivity index (χ0v) is 12.9. The van der Waals surface area contributed by atoms with Gasteiger partial charge in [-0.3, -0.25) is 0 Å². The highest BCUT2D eigenvalue weighted by Crippen LogP contribution is 2.23. The molecule has 2 N–H and O–H groups in total. The van der Waals surface area contributed by atoms with Crippen LogP contribution in [0.4, 0.5) is 0 Å². The van der Waals surface area contributed by atoms with Gasteiger partial charge in [-0.1, -0.05) is 42.5 Å². The van der Waals surface area contributed by atoms with Crippen molar-refractivity contribution in [1.82, 2.24) is 5.32 Å². The molecule has 0 heterocycles. The summed E-state index contributed by atoms with van der Waals surface area (Å²) >= 11 is 0. The van der Waals surface area contributed by atoms with Gasteiger partial charge >= 0.3 is 5.97 Å². The number of ether oxygens (including phenoxy) is 1. The van der Waals surface area contributed by atoms with Crippen molar-refractivity contribution in [2.45, 2.75) is 19.1 Å². The van der Waals surface area contributed by atoms with Crippen molar-refractivity contribution < 1.29 is 14.6 Å². The summed E-state index contributed by atoms with van der Waals surface area (Å²) in [5, 5.41) is 12.3. The van der Waals surface area contributed by atoms with Gasteiger partial charge in [-0.25, -0.2) is 4.79 Å². The fraction of sp³-hybridized carbons (Fsp3) is 0.278. The van der Waals surface area contributed by atoms with Crippen LogP contribution in [0.1, 0.15) is 28.4 Å². The van der Waals surface area contributed by atoms with Crippen LogP contribution in [0.15, 0.2) is 54.6 Å². The van der Waals surface area contributed by atoms with Gasteiger partial charge in [0.1, 0.15) is 5.60 Å². The molecule has 0 fully saturated rings. The predicted octanol–water partition coefficient (Wildman–Crippen LogP) is 3.04. The Bertz CT molecular complexity index is 610. The topological polar surface area (TPSA) is 58.6 Å². The van der Waals surface area contributed by atoms with E-state index in [1.807, 2.05) is 49.4 Å². The molecule has 116 valence electrons. The lowest BCUT2D eigenvalue weighted by molar-refractivity contribution is 0.00244. The number of hydrogen-bond donors (Lipinski definition) is 2. The van der Waals surface area contributed by atoms with Crippen LogP contribution in [0.5, 0.6) is 0 Å². The lowest BCUT2D eigenvalue weighted by Gasteiger charge is -2.29. The van der Waals surface area contributed by atoms with Crippen LogP contribution in [0.3, 0.4) is 0 Å². The normalized spacial score (nSPS) is 13.5. The van der Waals surface area contributed by atoms with Gasteiger partial charge in [0.05, 0.1) is 5.56 Å². The van der Waals surface area contributed by atoms with Gasteiger partial charge in [0, 0.05) is 20.2 Å². The van der Waals surface area contributed by atoms with Gasteiger partial charge in [0.25, 0.3) is 0 Å². The minimum absolute atomic E-state index is 0.301. The molecule has 2 rings (SSSR count). The van der Waals surface area contributed by atoms with E-state index in [-0.39, 0.29) is 0 Å². The molecule has 0 aliphatic carbocycles. The minimum Gasteiger partial charge on any atom is -0.478 e. The van der Waals surface area contributed by atoms with Crippen molar-refractivity contribution in [2.75, 3.05) is 13.7 Å². The molecular formula is C18H21NO3. The predicted molar refractivity (Wildman–Crippen MR) is 85.9 cm³/mol. The van der Waals surface area contributed by atoms with Gasteiger partial charge in [-0.05, 0) is 30.2 Å². The first-order chi connectivity index (χ1) is 10.5. The summed E-state index contributed by atoms with van der Waals surface area (Å²) in [4.78, 5) is 10.8. The van der Waals surface area contributed by atoms with E-state index in [0.29, 0.717) is 18.7 Å². The highest BCUT2D eigenvalue weighted by Gasteiger charge is 2.25. The summed E-state index contributed by atoms with van der Waals surface area (Å²) in [6.07, 6.45) is 0. The molecule has 0 bridgehead atoms. The Labute approximate surface area is 130 Å². The monoisotopic (exact) mass is 299 g/mol. The largest absolute Gasteiger partial charge is 0.478 e. The van der Waals surface area contributed by atoms with Crippen LogP contribution < -0.4 is 5.32 Å². The number of aromatic carboxylic acids is 1. The third kappa shape index (κ3) is 3.93. The quantitative estimate of drug-likeness (QED) is 0.825. The maximum Gasteiger partial charge on any atom is 0.335 e. The average molecular weight is 299 g/mol. The van der Waals surface area contributed by atoms with E-state index in [9.17, 15) is 4.79 Å². The molecule has 1 unspecified atom stereocenters. The highest BCUT2D eigenvalue weighted by atomic mass is 16.5. The second-order valence-electron chi connectivity index (χ2n) is 5.41. The van der Waals surface area contributed by atoms with Crippen molar-refractivity contribution in [1.29, 1.82) is 0 Å². The number of nitrogens with one attached hydrogen (secondary N) is 1. The summed E-state index contributed by atoms with van der Waals surface area (Å²) in [6.45, 7) is 3.36. The number of carboxylic acids is 1. The maximum atomic E-state index is 10.8. The smallest absolute Gasteiger partial charge is 0.335 e. The zero-order valence-electron chi connectivity index (χ0n) is 12.9. The number of carbonyl (C=O) groups is 1. The Morgan fingerprint density at radius 1 is 1.14 bits per heavy atom. The number of methoxy groups -OCH3 is 1. The number of hydrogen-bond acceptors (Lipinski definition) is 3. The molecule has 22 heavy (non-hydrogen) atoms. The van der Waals surface area contributed by atoms with Crippen LogP contribution in [-0.4, -0.2) is 24.7 Å². The highest BCUT2D eigenvalue weighted by molar-refractivity contribution is 5.87. The molecule has 0 aliphatic heterocycles. The van der Waals surface area contributed by atoms with Crippen molar-refractivity contribution in [3.05, 3.63) is 71.3 Å². The van der Waals surface area contributed by atoms with E-state index in [2.05, 4.69) is 5.32 Å². The fourth-order valence-corrected chi connectivity index (χ4v) is 2.29. The molecule has 0 aromatic heterocycles. The van der Waals surface area contributed by atoms with Gasteiger partial charge in [-0.15, -0.1) is 0 Å². The van der Waals surface area contributed by atoms with Gasteiger partial charge < -0.3 is 15.2 Å². The van der Waals surface area contributed by atoms with E-state index < -0.39 is 11.6 Å². The molecule has 0 radical (unpaired) electrons. The lowest BCUT2D eigenvalue weighted by atomic mass is 9.95. The molecule has 4 heteroatoms. The summed E-state index contributed by atoms with van der Waals surface area (Å²) in [5.41, 5.74) is 2.06. The first kappa shape index (κ1) is 16.2. The molecule has 0 aliphatic rings. The molecule has 2 aromatic rings. The van der Waals surface area contributed by atoms with Crippen molar-refractivity contribution in [3.8, 4) is 0 Å². The fourth-order valence-electron chi connectivity index (χ4n) is 2.29. The Morgan fingerprint density at radius 3 is 2.32 bits per heavy atom. The van der Waals surface area contributed by atoms with E-state index in [4.69, 9.17) is 9.84 Å². The Kier molecular flexibility index (Phi) is 5.31. The van der Waals surface area contributed by atoms with Crippen LogP contribution in [0, 0.1) is 0 Å². The third-order valence-electron chi connectivity index (χ3n) is 3.83. The summed E-state index contributed by atoms with van der Waals surface area (Å²) in [5.74, 6) is -0.907. The van der Waals surface area contributed by atoms with Crippen LogP contribution in [-0.2, 0) is 16.9 Å². The number of rotatable bonds is 7.